The number of nitrogens with zero attached hydrogens (tertiary/aromatic N) is 4. The van der Waals surface area contributed by atoms with Gasteiger partial charge in [-0.1, -0.05) is 30.3 Å². The molecular weight excluding hydrogens is 342 g/mol. The van der Waals surface area contributed by atoms with Gasteiger partial charge in [0.15, 0.2) is 0 Å². The summed E-state index contributed by atoms with van der Waals surface area (Å²) in [6.45, 7) is 4.17. The number of rotatable bonds is 5. The van der Waals surface area contributed by atoms with Gasteiger partial charge >= 0.3 is 0 Å². The van der Waals surface area contributed by atoms with Crippen molar-refractivity contribution in [3.63, 3.8) is 0 Å². The maximum Gasteiger partial charge on any atom is 0.257 e. The van der Waals surface area contributed by atoms with Crippen molar-refractivity contribution in [1.29, 1.82) is 0 Å². The number of carbonyl (C=O) groups excluding carboxylic acids is 2. The molecule has 2 amide bonds. The highest BCUT2D eigenvalue weighted by Crippen LogP contribution is 2.15. The number of nitrogens with one attached hydrogen (secondary N) is 1. The van der Waals surface area contributed by atoms with Crippen LogP contribution in [0.3, 0.4) is 0 Å². The standard InChI is InChI=1S/C20H25N5O2/c1-15-17(12-22-14-23-15)20(27)25-11-10-24(18(13-25)19(26)21-2)9-8-16-6-4-3-5-7-16/h3-7,12,14,18H,8-11,13H2,1-2H3,(H,21,26)/t18-/m0/s1. The molecule has 27 heavy (non-hydrogen) atoms. The van der Waals surface area contributed by atoms with Crippen molar-refractivity contribution >= 4 is 11.8 Å². The molecule has 1 atom stereocenters. The molecule has 1 fully saturated rings. The molecule has 7 heteroatoms. The van der Waals surface area contributed by atoms with E-state index in [4.69, 9.17) is 0 Å². The van der Waals surface area contributed by atoms with Crippen LogP contribution in [-0.4, -0.2) is 70.9 Å². The van der Waals surface area contributed by atoms with Crippen LogP contribution in [0, 0.1) is 6.92 Å². The lowest BCUT2D eigenvalue weighted by atomic mass is 10.1. The van der Waals surface area contributed by atoms with E-state index in [-0.39, 0.29) is 17.9 Å². The first-order valence-corrected chi connectivity index (χ1v) is 9.15. The Morgan fingerprint density at radius 3 is 2.70 bits per heavy atom. The van der Waals surface area contributed by atoms with Gasteiger partial charge in [-0.2, -0.15) is 0 Å². The van der Waals surface area contributed by atoms with Crippen LogP contribution >= 0.6 is 0 Å². The van der Waals surface area contributed by atoms with Crippen molar-refractivity contribution in [2.75, 3.05) is 33.2 Å². The van der Waals surface area contributed by atoms with Crippen LogP contribution in [0.4, 0.5) is 0 Å². The predicted octanol–water partition coefficient (Wildman–Crippen LogP) is 0.900. The van der Waals surface area contributed by atoms with Gasteiger partial charge in [-0.15, -0.1) is 0 Å². The van der Waals surface area contributed by atoms with Crippen molar-refractivity contribution in [3.05, 3.63) is 59.7 Å². The molecule has 1 aromatic heterocycles. The lowest BCUT2D eigenvalue weighted by Gasteiger charge is -2.40. The summed E-state index contributed by atoms with van der Waals surface area (Å²) < 4.78 is 0. The Labute approximate surface area is 159 Å². The Bertz CT molecular complexity index is 796. The maximum atomic E-state index is 12.9. The topological polar surface area (TPSA) is 78.4 Å². The third-order valence-corrected chi connectivity index (χ3v) is 5.00. The van der Waals surface area contributed by atoms with E-state index < -0.39 is 0 Å². The minimum atomic E-state index is -0.360. The predicted molar refractivity (Wildman–Crippen MR) is 102 cm³/mol. The lowest BCUT2D eigenvalue weighted by Crippen LogP contribution is -2.60. The molecule has 0 aliphatic carbocycles. The van der Waals surface area contributed by atoms with Gasteiger partial charge in [0.05, 0.1) is 11.3 Å². The molecule has 1 aliphatic heterocycles. The van der Waals surface area contributed by atoms with E-state index in [2.05, 4.69) is 32.3 Å². The third-order valence-electron chi connectivity index (χ3n) is 5.00. The van der Waals surface area contributed by atoms with Crippen LogP contribution in [-0.2, 0) is 11.2 Å². The highest BCUT2D eigenvalue weighted by Gasteiger charge is 2.34. The number of piperazine rings is 1. The molecule has 7 nitrogen and oxygen atoms in total. The van der Waals surface area contributed by atoms with Crippen LogP contribution in [0.15, 0.2) is 42.9 Å². The van der Waals surface area contributed by atoms with Gasteiger partial charge in [0, 0.05) is 39.4 Å². The average molecular weight is 367 g/mol. The van der Waals surface area contributed by atoms with Gasteiger partial charge in [0.2, 0.25) is 5.91 Å². The molecule has 0 spiro atoms. The Morgan fingerprint density at radius 1 is 1.22 bits per heavy atom. The smallest absolute Gasteiger partial charge is 0.257 e. The Hall–Kier alpha value is -2.80. The molecule has 0 unspecified atom stereocenters. The number of aromatic nitrogens is 2. The van der Waals surface area contributed by atoms with E-state index >= 15 is 0 Å². The molecule has 1 saturated heterocycles. The number of amides is 2. The molecule has 3 rings (SSSR count). The molecule has 2 heterocycles. The summed E-state index contributed by atoms with van der Waals surface area (Å²) in [4.78, 5) is 37.2. The number of benzene rings is 1. The summed E-state index contributed by atoms with van der Waals surface area (Å²) in [5.74, 6) is -0.189. The zero-order chi connectivity index (χ0) is 19.2. The second kappa shape index (κ2) is 8.73. The molecule has 0 radical (unpaired) electrons. The fourth-order valence-corrected chi connectivity index (χ4v) is 3.38. The minimum absolute atomic E-state index is 0.0680. The number of likely N-dealkylation sites (N-methyl/N-ethyl adjacent to an activating group) is 1. The molecule has 1 aromatic carbocycles. The van der Waals surface area contributed by atoms with E-state index in [0.29, 0.717) is 30.9 Å². The molecule has 1 aliphatic rings. The summed E-state index contributed by atoms with van der Waals surface area (Å²) >= 11 is 0. The van der Waals surface area contributed by atoms with Crippen LogP contribution < -0.4 is 5.32 Å². The van der Waals surface area contributed by atoms with Gasteiger partial charge in [-0.25, -0.2) is 9.97 Å². The van der Waals surface area contributed by atoms with Gasteiger partial charge in [0.1, 0.15) is 12.4 Å². The summed E-state index contributed by atoms with van der Waals surface area (Å²) in [7, 11) is 1.63. The molecule has 0 saturated carbocycles. The average Bonchev–Trinajstić information content (AvgIpc) is 2.72. The molecule has 2 aromatic rings. The Kier molecular flexibility index (Phi) is 6.13. The van der Waals surface area contributed by atoms with Crippen molar-refractivity contribution in [2.45, 2.75) is 19.4 Å². The first-order valence-electron chi connectivity index (χ1n) is 9.15. The highest BCUT2D eigenvalue weighted by molar-refractivity contribution is 5.95. The minimum Gasteiger partial charge on any atom is -0.358 e. The van der Waals surface area contributed by atoms with Crippen LogP contribution in [0.25, 0.3) is 0 Å². The molecular formula is C20H25N5O2. The van der Waals surface area contributed by atoms with Gasteiger partial charge in [0.25, 0.3) is 5.91 Å². The Morgan fingerprint density at radius 2 is 2.00 bits per heavy atom. The van der Waals surface area contributed by atoms with Gasteiger partial charge in [-0.3, -0.25) is 14.5 Å². The first kappa shape index (κ1) is 19.0. The monoisotopic (exact) mass is 367 g/mol. The maximum absolute atomic E-state index is 12.9. The van der Waals surface area contributed by atoms with E-state index in [1.165, 1.54) is 11.9 Å². The number of carbonyl (C=O) groups is 2. The second-order valence-electron chi connectivity index (χ2n) is 6.67. The van der Waals surface area contributed by atoms with Crippen LogP contribution in [0.1, 0.15) is 21.6 Å². The number of aryl methyl sites for hydroxylation is 1. The number of hydrogen-bond donors (Lipinski definition) is 1. The van der Waals surface area contributed by atoms with Crippen LogP contribution in [0.2, 0.25) is 0 Å². The first-order chi connectivity index (χ1) is 13.1. The summed E-state index contributed by atoms with van der Waals surface area (Å²) in [6.07, 6.45) is 3.84. The molecule has 0 bridgehead atoms. The van der Waals surface area contributed by atoms with E-state index in [1.54, 1.807) is 25.1 Å². The van der Waals surface area contributed by atoms with Crippen molar-refractivity contribution in [3.8, 4) is 0 Å². The highest BCUT2D eigenvalue weighted by atomic mass is 16.2. The zero-order valence-corrected chi connectivity index (χ0v) is 15.8. The van der Waals surface area contributed by atoms with E-state index in [1.807, 2.05) is 18.2 Å². The van der Waals surface area contributed by atoms with E-state index in [9.17, 15) is 9.59 Å². The quantitative estimate of drug-likeness (QED) is 0.850. The largest absolute Gasteiger partial charge is 0.358 e. The molecule has 142 valence electrons. The summed E-state index contributed by atoms with van der Waals surface area (Å²) in [5.41, 5.74) is 2.38. The van der Waals surface area contributed by atoms with Crippen molar-refractivity contribution in [1.82, 2.24) is 25.1 Å². The normalized spacial score (nSPS) is 17.6. The van der Waals surface area contributed by atoms with Gasteiger partial charge < -0.3 is 10.2 Å². The van der Waals surface area contributed by atoms with Gasteiger partial charge in [-0.05, 0) is 18.9 Å². The van der Waals surface area contributed by atoms with Crippen molar-refractivity contribution in [2.24, 2.45) is 0 Å². The van der Waals surface area contributed by atoms with Crippen molar-refractivity contribution < 1.29 is 9.59 Å². The van der Waals surface area contributed by atoms with Crippen LogP contribution in [0.5, 0.6) is 0 Å². The third kappa shape index (κ3) is 4.49. The lowest BCUT2D eigenvalue weighted by molar-refractivity contribution is -0.127. The SMILES string of the molecule is CNC(=O)[C@@H]1CN(C(=O)c2cncnc2C)CCN1CCc1ccccc1. The molecule has 1 N–H and O–H groups in total. The fourth-order valence-electron chi connectivity index (χ4n) is 3.38. The summed E-state index contributed by atoms with van der Waals surface area (Å²) in [5, 5.41) is 2.73. The van der Waals surface area contributed by atoms with E-state index in [0.717, 1.165) is 13.0 Å². The number of hydrogen-bond acceptors (Lipinski definition) is 5. The fraction of sp³-hybridized carbons (Fsp3) is 0.400. The second-order valence-corrected chi connectivity index (χ2v) is 6.67. The summed E-state index contributed by atoms with van der Waals surface area (Å²) in [6, 6.07) is 9.86. The Balaban J connectivity index is 1.70. The zero-order valence-electron chi connectivity index (χ0n) is 15.8.